The summed E-state index contributed by atoms with van der Waals surface area (Å²) in [6.45, 7) is 0.843. The second kappa shape index (κ2) is 12.6. The average Bonchev–Trinajstić information content (AvgIpc) is 2.75. The van der Waals surface area contributed by atoms with Crippen molar-refractivity contribution in [3.63, 3.8) is 0 Å². The first-order valence-corrected chi connectivity index (χ1v) is 10.9. The molecule has 16 nitrogen and oxygen atoms in total. The van der Waals surface area contributed by atoms with Crippen molar-refractivity contribution in [2.24, 2.45) is 33.7 Å². The van der Waals surface area contributed by atoms with Crippen LogP contribution in [0.5, 0.6) is 0 Å². The van der Waals surface area contributed by atoms with Crippen LogP contribution in [0.3, 0.4) is 0 Å². The highest BCUT2D eigenvalue weighted by Gasteiger charge is 2.47. The molecule has 1 saturated carbocycles. The molecule has 34 heavy (non-hydrogen) atoms. The molecule has 7 unspecified atom stereocenters. The number of ether oxygens (including phenoxy) is 2. The minimum absolute atomic E-state index is 0.0311. The van der Waals surface area contributed by atoms with Gasteiger partial charge in [-0.15, -0.1) is 0 Å². The van der Waals surface area contributed by atoms with Crippen molar-refractivity contribution in [2.45, 2.75) is 99.2 Å². The Morgan fingerprint density at radius 1 is 1.06 bits per heavy atom. The lowest BCUT2D eigenvalue weighted by molar-refractivity contribution is -0.468. The number of aliphatic hydroxyl groups is 6. The molecule has 13 atom stereocenters. The Kier molecular flexibility index (Phi) is 10.8. The molecule has 200 valence electrons. The Morgan fingerprint density at radius 2 is 1.71 bits per heavy atom. The SMILES string of the molecule is C[C@@H](O)CC(N)[C@H](OO[C@H]1OC(CO)[C@@H](N=C(N)N)C(O)C1O)O[C@@H]1C(N)C[C@@H](N)C(O)C1O. The molecule has 0 radical (unpaired) electrons. The van der Waals surface area contributed by atoms with E-state index in [1.165, 1.54) is 6.92 Å². The third-order valence-electron chi connectivity index (χ3n) is 5.74. The molecule has 1 heterocycles. The lowest BCUT2D eigenvalue weighted by Gasteiger charge is -2.42. The number of aliphatic imine (C=N–C) groups is 1. The summed E-state index contributed by atoms with van der Waals surface area (Å²) in [6, 6.07) is -3.78. The first-order valence-electron chi connectivity index (χ1n) is 10.9. The van der Waals surface area contributed by atoms with Gasteiger partial charge in [-0.1, -0.05) is 0 Å². The molecular formula is C18H38N6O10. The van der Waals surface area contributed by atoms with Gasteiger partial charge in [-0.2, -0.15) is 9.78 Å². The summed E-state index contributed by atoms with van der Waals surface area (Å²) in [5.41, 5.74) is 28.5. The number of aliphatic hydroxyl groups excluding tert-OH is 6. The largest absolute Gasteiger partial charge is 0.394 e. The van der Waals surface area contributed by atoms with Crippen LogP contribution >= 0.6 is 0 Å². The van der Waals surface area contributed by atoms with Gasteiger partial charge in [0.2, 0.25) is 12.6 Å². The third-order valence-corrected chi connectivity index (χ3v) is 5.74. The highest BCUT2D eigenvalue weighted by molar-refractivity contribution is 5.76. The summed E-state index contributed by atoms with van der Waals surface area (Å²) in [7, 11) is 0. The summed E-state index contributed by atoms with van der Waals surface area (Å²) >= 11 is 0. The first-order chi connectivity index (χ1) is 15.9. The van der Waals surface area contributed by atoms with Gasteiger partial charge < -0.3 is 68.8 Å². The van der Waals surface area contributed by atoms with Crippen molar-refractivity contribution in [1.29, 1.82) is 0 Å². The van der Waals surface area contributed by atoms with Gasteiger partial charge >= 0.3 is 0 Å². The topological polar surface area (TPSA) is 301 Å². The van der Waals surface area contributed by atoms with Crippen molar-refractivity contribution >= 4 is 5.96 Å². The van der Waals surface area contributed by atoms with E-state index < -0.39 is 92.0 Å². The van der Waals surface area contributed by atoms with Crippen molar-refractivity contribution in [3.05, 3.63) is 0 Å². The van der Waals surface area contributed by atoms with Crippen LogP contribution < -0.4 is 28.7 Å². The highest BCUT2D eigenvalue weighted by atomic mass is 17.2. The normalized spacial score (nSPS) is 41.5. The predicted octanol–water partition coefficient (Wildman–Crippen LogP) is -6.39. The molecular weight excluding hydrogens is 460 g/mol. The van der Waals surface area contributed by atoms with E-state index in [4.69, 9.17) is 47.9 Å². The maximum atomic E-state index is 10.4. The minimum Gasteiger partial charge on any atom is -0.394 e. The monoisotopic (exact) mass is 498 g/mol. The van der Waals surface area contributed by atoms with E-state index in [0.717, 1.165) is 0 Å². The molecule has 0 bridgehead atoms. The van der Waals surface area contributed by atoms with Gasteiger partial charge in [0.25, 0.3) is 0 Å². The van der Waals surface area contributed by atoms with E-state index in [1.54, 1.807) is 0 Å². The first kappa shape index (κ1) is 29.0. The maximum absolute atomic E-state index is 10.4. The van der Waals surface area contributed by atoms with E-state index in [-0.39, 0.29) is 12.8 Å². The van der Waals surface area contributed by atoms with Crippen LogP contribution in [0.15, 0.2) is 4.99 Å². The summed E-state index contributed by atoms with van der Waals surface area (Å²) in [4.78, 5) is 14.1. The lowest BCUT2D eigenvalue weighted by Crippen LogP contribution is -2.63. The molecule has 16 N–H and O–H groups in total. The molecule has 1 aliphatic heterocycles. The Morgan fingerprint density at radius 3 is 2.26 bits per heavy atom. The lowest BCUT2D eigenvalue weighted by atomic mass is 9.84. The number of hydrogen-bond acceptors (Lipinski definition) is 14. The van der Waals surface area contributed by atoms with Gasteiger partial charge in [0.05, 0.1) is 24.9 Å². The second-order valence-corrected chi connectivity index (χ2v) is 8.71. The van der Waals surface area contributed by atoms with Crippen LogP contribution in [0.4, 0.5) is 0 Å². The van der Waals surface area contributed by atoms with Crippen LogP contribution in [0.2, 0.25) is 0 Å². The zero-order valence-corrected chi connectivity index (χ0v) is 18.8. The second-order valence-electron chi connectivity index (χ2n) is 8.71. The fourth-order valence-corrected chi connectivity index (χ4v) is 3.91. The smallest absolute Gasteiger partial charge is 0.220 e. The van der Waals surface area contributed by atoms with E-state index in [0.29, 0.717) is 0 Å². The summed E-state index contributed by atoms with van der Waals surface area (Å²) in [5, 5.41) is 60.5. The molecule has 2 aliphatic rings. The number of nitrogens with zero attached hydrogens (tertiary/aromatic N) is 1. The van der Waals surface area contributed by atoms with Crippen LogP contribution in [-0.2, 0) is 19.2 Å². The quantitative estimate of drug-likeness (QED) is 0.0438. The Bertz CT molecular complexity index is 657. The molecule has 1 aliphatic carbocycles. The molecule has 2 rings (SSSR count). The van der Waals surface area contributed by atoms with Crippen LogP contribution in [-0.4, -0.2) is 123 Å². The van der Waals surface area contributed by atoms with Gasteiger partial charge in [0.15, 0.2) is 5.96 Å². The van der Waals surface area contributed by atoms with Gasteiger partial charge in [0.1, 0.15) is 36.6 Å². The summed E-state index contributed by atoms with van der Waals surface area (Å²) in [6.07, 6.45) is -12.3. The predicted molar refractivity (Wildman–Crippen MR) is 115 cm³/mol. The van der Waals surface area contributed by atoms with E-state index >= 15 is 0 Å². The van der Waals surface area contributed by atoms with Gasteiger partial charge in [-0.3, -0.25) is 0 Å². The molecule has 1 saturated heterocycles. The molecule has 0 amide bonds. The average molecular weight is 499 g/mol. The molecule has 2 fully saturated rings. The highest BCUT2D eigenvalue weighted by Crippen LogP contribution is 2.27. The van der Waals surface area contributed by atoms with Gasteiger partial charge in [0, 0.05) is 12.1 Å². The molecule has 0 aromatic rings. The zero-order valence-electron chi connectivity index (χ0n) is 18.8. The van der Waals surface area contributed by atoms with Gasteiger partial charge in [-0.25, -0.2) is 4.99 Å². The number of nitrogens with two attached hydrogens (primary N) is 5. The molecule has 0 aromatic carbocycles. The van der Waals surface area contributed by atoms with E-state index in [9.17, 15) is 30.6 Å². The van der Waals surface area contributed by atoms with Gasteiger partial charge in [-0.05, 0) is 19.8 Å². The summed E-state index contributed by atoms with van der Waals surface area (Å²) in [5.74, 6) is -0.393. The Hall–Kier alpha value is -1.25. The number of guanidine groups is 1. The number of hydrogen-bond donors (Lipinski definition) is 11. The Labute approximate surface area is 196 Å². The van der Waals surface area contributed by atoms with Crippen LogP contribution in [0.1, 0.15) is 19.8 Å². The van der Waals surface area contributed by atoms with Crippen molar-refractivity contribution in [2.75, 3.05) is 6.61 Å². The zero-order chi connectivity index (χ0) is 25.7. The van der Waals surface area contributed by atoms with Crippen LogP contribution in [0, 0.1) is 0 Å². The standard InChI is InChI=1S/C18H38N6O10/c1-5(26)2-8(21)16(32-15-7(20)3-6(19)11(27)13(15)29)33-34-17-14(30)12(28)10(24-18(22)23)9(4-25)31-17/h5-17,25-30H,2-4,19-21H2,1H3,(H4,22,23,24)/t5-,6-,7?,8?,9?,10-,11?,12?,13?,14?,15-,16+,17-/m1/s1. The third kappa shape index (κ3) is 7.14. The fourth-order valence-electron chi connectivity index (χ4n) is 3.91. The van der Waals surface area contributed by atoms with Crippen LogP contribution in [0.25, 0.3) is 0 Å². The molecule has 0 spiro atoms. The fraction of sp³-hybridized carbons (Fsp3) is 0.944. The van der Waals surface area contributed by atoms with Crippen molar-refractivity contribution in [3.8, 4) is 0 Å². The maximum Gasteiger partial charge on any atom is 0.220 e. The van der Waals surface area contributed by atoms with E-state index in [2.05, 4.69) is 4.99 Å². The van der Waals surface area contributed by atoms with Crippen molar-refractivity contribution in [1.82, 2.24) is 0 Å². The minimum atomic E-state index is -1.72. The molecule has 16 heteroatoms. The molecule has 0 aromatic heterocycles. The van der Waals surface area contributed by atoms with Crippen molar-refractivity contribution < 1.29 is 49.9 Å². The number of rotatable bonds is 10. The summed E-state index contributed by atoms with van der Waals surface area (Å²) < 4.78 is 11.1. The Balaban J connectivity index is 2.13. The van der Waals surface area contributed by atoms with E-state index in [1.807, 2.05) is 0 Å².